The molecule has 1 rings (SSSR count). The topological polar surface area (TPSA) is 79.6 Å². The molecule has 1 radical (unpaired) electrons. The molecule has 0 aliphatic carbocycles. The Morgan fingerprint density at radius 1 is 1.45 bits per heavy atom. The fourth-order valence-corrected chi connectivity index (χ4v) is 1.56. The number of nitrogens with one attached hydrogen (secondary N) is 1. The summed E-state index contributed by atoms with van der Waals surface area (Å²) in [5, 5.41) is 15.8. The average Bonchev–Trinajstić information content (AvgIpc) is 2.45. The lowest BCUT2D eigenvalue weighted by Crippen LogP contribution is -2.19. The summed E-state index contributed by atoms with van der Waals surface area (Å²) < 4.78 is 10.1. The van der Waals surface area contributed by atoms with Gasteiger partial charge in [0.05, 0.1) is 12.4 Å². The van der Waals surface area contributed by atoms with Gasteiger partial charge in [0.25, 0.3) is 0 Å². The summed E-state index contributed by atoms with van der Waals surface area (Å²) in [6, 6.07) is 7.23. The van der Waals surface area contributed by atoms with Gasteiger partial charge in [-0.05, 0) is 30.5 Å². The first-order valence-electron chi connectivity index (χ1n) is 6.20. The van der Waals surface area contributed by atoms with Gasteiger partial charge in [-0.1, -0.05) is 18.2 Å². The number of carbonyl (C=O) groups is 1. The predicted molar refractivity (Wildman–Crippen MR) is 77.5 cm³/mol. The number of carboxylic acid groups (broad SMARTS) is 1. The maximum absolute atomic E-state index is 11.0. The highest BCUT2D eigenvalue weighted by Crippen LogP contribution is 2.18. The van der Waals surface area contributed by atoms with Crippen LogP contribution < -0.4 is 4.74 Å². The monoisotopic (exact) mass is 274 g/mol. The fraction of sp³-hybridized carbons (Fsp3) is 0.286. The van der Waals surface area contributed by atoms with Gasteiger partial charge in [-0.2, -0.15) is 0 Å². The first kappa shape index (κ1) is 15.8. The number of carboxylic acids is 1. The van der Waals surface area contributed by atoms with Gasteiger partial charge >= 0.3 is 13.5 Å². The third-order valence-corrected chi connectivity index (χ3v) is 2.60. The van der Waals surface area contributed by atoms with E-state index in [-0.39, 0.29) is 0 Å². The molecule has 2 N–H and O–H groups in total. The minimum atomic E-state index is -0.988. The molecular weight excluding hydrogens is 257 g/mol. The Bertz CT molecular complexity index is 447. The third-order valence-electron chi connectivity index (χ3n) is 2.60. The zero-order chi connectivity index (χ0) is 14.8. The maximum atomic E-state index is 11.0. The Morgan fingerprint density at radius 3 is 2.70 bits per heavy atom. The summed E-state index contributed by atoms with van der Waals surface area (Å²) in [4.78, 5) is 11.0. The van der Waals surface area contributed by atoms with Crippen LogP contribution in [0.4, 0.5) is 0 Å². The van der Waals surface area contributed by atoms with E-state index in [0.717, 1.165) is 25.2 Å². The molecule has 0 aliphatic heterocycles. The van der Waals surface area contributed by atoms with Crippen molar-refractivity contribution in [1.82, 2.24) is 0 Å². The normalized spacial score (nSPS) is 11.2. The van der Waals surface area contributed by atoms with Crippen LogP contribution >= 0.6 is 0 Å². The van der Waals surface area contributed by atoms with Crippen LogP contribution in [0.25, 0.3) is 0 Å². The van der Waals surface area contributed by atoms with Crippen molar-refractivity contribution >= 4 is 19.9 Å². The standard InChI is InChI=1S/C14H17BNO4/c1-2-3-8-19-12-6-4-11(5-7-12)9-13(14(17)18)15-20-10-16/h2,4-7,10,13,16H,1,3,8-9H2,(H,17,18)/t13-/m0/s1. The Balaban J connectivity index is 2.55. The summed E-state index contributed by atoms with van der Waals surface area (Å²) in [6.07, 6.45) is 3.56. The maximum Gasteiger partial charge on any atom is 0.386 e. The van der Waals surface area contributed by atoms with E-state index in [9.17, 15) is 4.79 Å². The van der Waals surface area contributed by atoms with Crippen molar-refractivity contribution in [3.8, 4) is 5.75 Å². The minimum Gasteiger partial charge on any atom is -0.555 e. The molecule has 0 aliphatic rings. The number of rotatable bonds is 10. The molecule has 0 saturated carbocycles. The van der Waals surface area contributed by atoms with Crippen LogP contribution in [0.15, 0.2) is 36.9 Å². The van der Waals surface area contributed by atoms with Gasteiger partial charge in [-0.3, -0.25) is 10.2 Å². The quantitative estimate of drug-likeness (QED) is 0.225. The van der Waals surface area contributed by atoms with Crippen molar-refractivity contribution in [3.63, 3.8) is 0 Å². The van der Waals surface area contributed by atoms with Gasteiger partial charge in [0.2, 0.25) is 0 Å². The average molecular weight is 274 g/mol. The molecule has 0 bridgehead atoms. The lowest BCUT2D eigenvalue weighted by Gasteiger charge is -2.10. The molecule has 1 aromatic rings. The molecule has 5 nitrogen and oxygen atoms in total. The molecule has 0 fully saturated rings. The second-order valence-electron chi connectivity index (χ2n) is 4.11. The van der Waals surface area contributed by atoms with Crippen molar-refractivity contribution in [2.24, 2.45) is 0 Å². The number of aliphatic carboxylic acids is 1. The molecule has 1 aromatic carbocycles. The van der Waals surface area contributed by atoms with Gasteiger partial charge in [0.1, 0.15) is 12.2 Å². The SMILES string of the molecule is C=CCCOc1ccc(C[C@H]([B]OC=N)C(=O)O)cc1. The van der Waals surface area contributed by atoms with Crippen LogP contribution in [0.1, 0.15) is 12.0 Å². The second kappa shape index (κ2) is 8.80. The van der Waals surface area contributed by atoms with Gasteiger partial charge in [-0.25, -0.2) is 0 Å². The second-order valence-corrected chi connectivity index (χ2v) is 4.11. The number of benzene rings is 1. The van der Waals surface area contributed by atoms with E-state index < -0.39 is 11.8 Å². The van der Waals surface area contributed by atoms with Crippen molar-refractivity contribution in [1.29, 1.82) is 5.41 Å². The predicted octanol–water partition coefficient (Wildman–Crippen LogP) is 2.30. The van der Waals surface area contributed by atoms with E-state index in [0.29, 0.717) is 19.4 Å². The minimum absolute atomic E-state index is 0.302. The van der Waals surface area contributed by atoms with Crippen LogP contribution in [0.3, 0.4) is 0 Å². The highest BCUT2D eigenvalue weighted by molar-refractivity contribution is 6.38. The van der Waals surface area contributed by atoms with Crippen LogP contribution in [-0.2, 0) is 15.9 Å². The lowest BCUT2D eigenvalue weighted by molar-refractivity contribution is -0.137. The Kier molecular flexibility index (Phi) is 6.96. The van der Waals surface area contributed by atoms with Crippen molar-refractivity contribution in [2.45, 2.75) is 18.7 Å². The summed E-state index contributed by atoms with van der Waals surface area (Å²) in [6.45, 7) is 4.18. The molecule has 0 spiro atoms. The van der Waals surface area contributed by atoms with Gasteiger partial charge < -0.3 is 14.5 Å². The van der Waals surface area contributed by atoms with Gasteiger partial charge in [0, 0.05) is 0 Å². The van der Waals surface area contributed by atoms with Crippen LogP contribution in [-0.4, -0.2) is 31.6 Å². The van der Waals surface area contributed by atoms with E-state index >= 15 is 0 Å². The molecule has 105 valence electrons. The van der Waals surface area contributed by atoms with Crippen LogP contribution in [0.2, 0.25) is 5.82 Å². The Morgan fingerprint density at radius 2 is 2.15 bits per heavy atom. The third kappa shape index (κ3) is 5.60. The first-order valence-corrected chi connectivity index (χ1v) is 6.20. The summed E-state index contributed by atoms with van der Waals surface area (Å²) in [5.74, 6) is -1.04. The molecule has 0 saturated heterocycles. The summed E-state index contributed by atoms with van der Waals surface area (Å²) in [7, 11) is 1.14. The molecule has 6 heteroatoms. The fourth-order valence-electron chi connectivity index (χ4n) is 1.56. The molecule has 0 unspecified atom stereocenters. The van der Waals surface area contributed by atoms with Crippen LogP contribution in [0.5, 0.6) is 5.75 Å². The first-order chi connectivity index (χ1) is 9.67. The number of ether oxygens (including phenoxy) is 1. The molecule has 0 heterocycles. The smallest absolute Gasteiger partial charge is 0.386 e. The highest BCUT2D eigenvalue weighted by Gasteiger charge is 2.21. The van der Waals surface area contributed by atoms with Crippen molar-refractivity contribution < 1.29 is 19.3 Å². The van der Waals surface area contributed by atoms with Crippen LogP contribution in [0, 0.1) is 5.41 Å². The molecule has 1 atom stereocenters. The zero-order valence-electron chi connectivity index (χ0n) is 11.1. The van der Waals surface area contributed by atoms with E-state index in [4.69, 9.17) is 15.3 Å². The molecule has 0 amide bonds. The molecule has 20 heavy (non-hydrogen) atoms. The van der Waals surface area contributed by atoms with Crippen molar-refractivity contribution in [2.75, 3.05) is 6.61 Å². The van der Waals surface area contributed by atoms with Gasteiger partial charge in [-0.15, -0.1) is 6.58 Å². The van der Waals surface area contributed by atoms with E-state index in [2.05, 4.69) is 11.2 Å². The summed E-state index contributed by atoms with van der Waals surface area (Å²) >= 11 is 0. The number of hydrogen-bond acceptors (Lipinski definition) is 4. The Labute approximate surface area is 119 Å². The lowest BCUT2D eigenvalue weighted by atomic mass is 9.76. The van der Waals surface area contributed by atoms with Crippen molar-refractivity contribution in [3.05, 3.63) is 42.5 Å². The van der Waals surface area contributed by atoms with E-state index in [1.54, 1.807) is 18.2 Å². The van der Waals surface area contributed by atoms with E-state index in [1.165, 1.54) is 0 Å². The van der Waals surface area contributed by atoms with Gasteiger partial charge in [0.15, 0.2) is 0 Å². The van der Waals surface area contributed by atoms with E-state index in [1.807, 2.05) is 12.1 Å². The molecular formula is C14H17BNO4. The highest BCUT2D eigenvalue weighted by atomic mass is 16.5. The zero-order valence-corrected chi connectivity index (χ0v) is 11.1. The Hall–Kier alpha value is -2.24. The summed E-state index contributed by atoms with van der Waals surface area (Å²) in [5.41, 5.74) is 0.860. The largest absolute Gasteiger partial charge is 0.555 e. The number of hydrogen-bond donors (Lipinski definition) is 2. The molecule has 0 aromatic heterocycles.